The molecular formula is C16H26N2O3S. The van der Waals surface area contributed by atoms with Gasteiger partial charge in [-0.05, 0) is 37.0 Å². The monoisotopic (exact) mass is 326 g/mol. The highest BCUT2D eigenvalue weighted by Gasteiger charge is 2.10. The molecular weight excluding hydrogens is 300 g/mol. The SMILES string of the molecule is CC(C)CCCC(C)NC(=O)Cc1ccc(S(N)(=O)=O)cc1. The molecule has 0 aliphatic carbocycles. The van der Waals surface area contributed by atoms with Gasteiger partial charge in [0.15, 0.2) is 0 Å². The van der Waals surface area contributed by atoms with Gasteiger partial charge in [0.25, 0.3) is 0 Å². The molecule has 22 heavy (non-hydrogen) atoms. The molecule has 0 bridgehead atoms. The maximum absolute atomic E-state index is 11.9. The van der Waals surface area contributed by atoms with Crippen molar-refractivity contribution in [2.45, 2.75) is 57.4 Å². The summed E-state index contributed by atoms with van der Waals surface area (Å²) in [5, 5.41) is 8.00. The number of nitrogens with two attached hydrogens (primary N) is 1. The highest BCUT2D eigenvalue weighted by molar-refractivity contribution is 7.89. The third-order valence-electron chi connectivity index (χ3n) is 3.44. The first kappa shape index (κ1) is 18.6. The van der Waals surface area contributed by atoms with Crippen LogP contribution in [-0.4, -0.2) is 20.4 Å². The van der Waals surface area contributed by atoms with Crippen LogP contribution in [0.1, 0.15) is 45.6 Å². The Morgan fingerprint density at radius 1 is 1.14 bits per heavy atom. The van der Waals surface area contributed by atoms with E-state index in [1.165, 1.54) is 12.1 Å². The average molecular weight is 326 g/mol. The van der Waals surface area contributed by atoms with Crippen molar-refractivity contribution in [3.8, 4) is 0 Å². The van der Waals surface area contributed by atoms with Crippen molar-refractivity contribution >= 4 is 15.9 Å². The summed E-state index contributed by atoms with van der Waals surface area (Å²) in [4.78, 5) is 12.0. The zero-order valence-corrected chi connectivity index (χ0v) is 14.3. The van der Waals surface area contributed by atoms with E-state index >= 15 is 0 Å². The second-order valence-corrected chi connectivity index (χ2v) is 7.72. The minimum Gasteiger partial charge on any atom is -0.353 e. The fraction of sp³-hybridized carbons (Fsp3) is 0.562. The number of primary sulfonamides is 1. The third kappa shape index (κ3) is 7.04. The van der Waals surface area contributed by atoms with Crippen LogP contribution in [0.25, 0.3) is 0 Å². The van der Waals surface area contributed by atoms with Crippen molar-refractivity contribution in [1.82, 2.24) is 5.32 Å². The predicted octanol–water partition coefficient (Wildman–Crippen LogP) is 2.21. The van der Waals surface area contributed by atoms with Crippen molar-refractivity contribution < 1.29 is 13.2 Å². The Balaban J connectivity index is 2.45. The van der Waals surface area contributed by atoms with Gasteiger partial charge < -0.3 is 5.32 Å². The fourth-order valence-electron chi connectivity index (χ4n) is 2.21. The maximum atomic E-state index is 11.9. The van der Waals surface area contributed by atoms with E-state index < -0.39 is 10.0 Å². The Hall–Kier alpha value is -1.40. The van der Waals surface area contributed by atoms with E-state index in [0.29, 0.717) is 5.92 Å². The molecule has 0 aliphatic rings. The van der Waals surface area contributed by atoms with Crippen molar-refractivity contribution in [2.75, 3.05) is 0 Å². The molecule has 1 amide bonds. The number of carbonyl (C=O) groups is 1. The lowest BCUT2D eigenvalue weighted by atomic mass is 10.0. The quantitative estimate of drug-likeness (QED) is 0.767. The first-order valence-electron chi connectivity index (χ1n) is 7.59. The Morgan fingerprint density at radius 2 is 1.73 bits per heavy atom. The number of amides is 1. The molecule has 0 saturated carbocycles. The van der Waals surface area contributed by atoms with Gasteiger partial charge in [0, 0.05) is 6.04 Å². The number of hydrogen-bond acceptors (Lipinski definition) is 3. The second-order valence-electron chi connectivity index (χ2n) is 6.16. The van der Waals surface area contributed by atoms with Gasteiger partial charge in [0.2, 0.25) is 15.9 Å². The minimum absolute atomic E-state index is 0.0544. The summed E-state index contributed by atoms with van der Waals surface area (Å²) in [6.07, 6.45) is 3.46. The molecule has 6 heteroatoms. The number of carbonyl (C=O) groups excluding carboxylic acids is 1. The first-order chi connectivity index (χ1) is 10.2. The van der Waals surface area contributed by atoms with Gasteiger partial charge in [-0.1, -0.05) is 38.8 Å². The lowest BCUT2D eigenvalue weighted by Gasteiger charge is -2.14. The van der Waals surface area contributed by atoms with Gasteiger partial charge >= 0.3 is 0 Å². The lowest BCUT2D eigenvalue weighted by Crippen LogP contribution is -2.33. The zero-order valence-electron chi connectivity index (χ0n) is 13.5. The van der Waals surface area contributed by atoms with E-state index in [1.807, 2.05) is 6.92 Å². The second kappa shape index (κ2) is 8.29. The average Bonchev–Trinajstić information content (AvgIpc) is 2.37. The van der Waals surface area contributed by atoms with Crippen LogP contribution in [0, 0.1) is 5.92 Å². The molecule has 1 aromatic carbocycles. The summed E-state index contributed by atoms with van der Waals surface area (Å²) in [6, 6.07) is 6.22. The Labute approximate surface area is 133 Å². The minimum atomic E-state index is -3.68. The molecule has 124 valence electrons. The lowest BCUT2D eigenvalue weighted by molar-refractivity contribution is -0.121. The van der Waals surface area contributed by atoms with Crippen LogP contribution in [0.15, 0.2) is 29.2 Å². The van der Waals surface area contributed by atoms with Crippen molar-refractivity contribution in [2.24, 2.45) is 11.1 Å². The molecule has 5 nitrogen and oxygen atoms in total. The molecule has 0 heterocycles. The summed E-state index contributed by atoms with van der Waals surface area (Å²) >= 11 is 0. The maximum Gasteiger partial charge on any atom is 0.238 e. The van der Waals surface area contributed by atoms with Gasteiger partial charge in [0.1, 0.15) is 0 Å². The van der Waals surface area contributed by atoms with E-state index in [9.17, 15) is 13.2 Å². The highest BCUT2D eigenvalue weighted by Crippen LogP contribution is 2.10. The third-order valence-corrected chi connectivity index (χ3v) is 4.37. The molecule has 0 spiro atoms. The van der Waals surface area contributed by atoms with E-state index in [4.69, 9.17) is 5.14 Å². The molecule has 1 unspecified atom stereocenters. The van der Waals surface area contributed by atoms with E-state index in [0.717, 1.165) is 24.8 Å². The topological polar surface area (TPSA) is 89.3 Å². The summed E-state index contributed by atoms with van der Waals surface area (Å²) in [7, 11) is -3.68. The molecule has 0 fully saturated rings. The van der Waals surface area contributed by atoms with Crippen LogP contribution in [-0.2, 0) is 21.2 Å². The number of rotatable bonds is 8. The zero-order chi connectivity index (χ0) is 16.8. The van der Waals surface area contributed by atoms with E-state index in [-0.39, 0.29) is 23.3 Å². The molecule has 1 rings (SSSR count). The molecule has 0 aliphatic heterocycles. The Morgan fingerprint density at radius 3 is 2.23 bits per heavy atom. The number of benzene rings is 1. The summed E-state index contributed by atoms with van der Waals surface area (Å²) < 4.78 is 22.3. The van der Waals surface area contributed by atoms with Crippen molar-refractivity contribution in [3.05, 3.63) is 29.8 Å². The van der Waals surface area contributed by atoms with Gasteiger partial charge in [-0.25, -0.2) is 13.6 Å². The largest absolute Gasteiger partial charge is 0.353 e. The van der Waals surface area contributed by atoms with Crippen LogP contribution < -0.4 is 10.5 Å². The van der Waals surface area contributed by atoms with Gasteiger partial charge in [-0.3, -0.25) is 4.79 Å². The smallest absolute Gasteiger partial charge is 0.238 e. The summed E-state index contributed by atoms with van der Waals surface area (Å²) in [5.41, 5.74) is 0.763. The predicted molar refractivity (Wildman–Crippen MR) is 87.8 cm³/mol. The van der Waals surface area contributed by atoms with Crippen molar-refractivity contribution in [1.29, 1.82) is 0 Å². The van der Waals surface area contributed by atoms with Crippen LogP contribution in [0.2, 0.25) is 0 Å². The Bertz CT molecular complexity index is 580. The van der Waals surface area contributed by atoms with Gasteiger partial charge in [0.05, 0.1) is 11.3 Å². The van der Waals surface area contributed by atoms with Crippen LogP contribution >= 0.6 is 0 Å². The molecule has 1 atom stereocenters. The van der Waals surface area contributed by atoms with E-state index in [2.05, 4.69) is 19.2 Å². The van der Waals surface area contributed by atoms with Gasteiger partial charge in [-0.15, -0.1) is 0 Å². The molecule has 0 aromatic heterocycles. The van der Waals surface area contributed by atoms with Gasteiger partial charge in [-0.2, -0.15) is 0 Å². The van der Waals surface area contributed by atoms with Crippen LogP contribution in [0.5, 0.6) is 0 Å². The Kier molecular flexibility index (Phi) is 7.03. The molecule has 3 N–H and O–H groups in total. The van der Waals surface area contributed by atoms with Crippen LogP contribution in [0.4, 0.5) is 0 Å². The molecule has 1 aromatic rings. The summed E-state index contributed by atoms with van der Waals surface area (Å²) in [6.45, 7) is 6.38. The summed E-state index contributed by atoms with van der Waals surface area (Å²) in [5.74, 6) is 0.626. The first-order valence-corrected chi connectivity index (χ1v) is 9.14. The fourth-order valence-corrected chi connectivity index (χ4v) is 2.73. The molecule has 0 saturated heterocycles. The number of nitrogens with one attached hydrogen (secondary N) is 1. The highest BCUT2D eigenvalue weighted by atomic mass is 32.2. The van der Waals surface area contributed by atoms with E-state index in [1.54, 1.807) is 12.1 Å². The number of sulfonamides is 1. The standard InChI is InChI=1S/C16H26N2O3S/c1-12(2)5-4-6-13(3)18-16(19)11-14-7-9-15(10-8-14)22(17,20)21/h7-10,12-13H,4-6,11H2,1-3H3,(H,18,19)(H2,17,20,21). The van der Waals surface area contributed by atoms with Crippen LogP contribution in [0.3, 0.4) is 0 Å². The van der Waals surface area contributed by atoms with Crippen molar-refractivity contribution in [3.63, 3.8) is 0 Å². The molecule has 0 radical (unpaired) electrons. The number of hydrogen-bond donors (Lipinski definition) is 2. The normalized spacial score (nSPS) is 13.1.